The van der Waals surface area contributed by atoms with E-state index >= 15 is 0 Å². The lowest BCUT2D eigenvalue weighted by atomic mass is 10.2. The summed E-state index contributed by atoms with van der Waals surface area (Å²) >= 11 is 6.04. The van der Waals surface area contributed by atoms with Crippen LogP contribution in [-0.4, -0.2) is 19.8 Å². The summed E-state index contributed by atoms with van der Waals surface area (Å²) in [5.74, 6) is 0. The zero-order valence-electron chi connectivity index (χ0n) is 11.7. The number of hydrogen-bond acceptors (Lipinski definition) is 3. The maximum absolute atomic E-state index is 12.6. The van der Waals surface area contributed by atoms with Gasteiger partial charge < -0.3 is 5.73 Å². The fourth-order valence-corrected chi connectivity index (χ4v) is 3.65. The van der Waals surface area contributed by atoms with E-state index in [1.54, 1.807) is 12.1 Å². The molecule has 2 aromatic rings. The maximum atomic E-state index is 12.6. The standard InChI is InChI=1S/C15H17ClN2O2S/c1-18(11-12-5-3-2-4-6-12)21(19,20)15-9-13(10-17)7-8-14(15)16/h2-9H,10-11,17H2,1H3. The van der Waals surface area contributed by atoms with Crippen LogP contribution in [0.1, 0.15) is 11.1 Å². The lowest BCUT2D eigenvalue weighted by Crippen LogP contribution is -2.27. The highest BCUT2D eigenvalue weighted by Gasteiger charge is 2.24. The molecule has 21 heavy (non-hydrogen) atoms. The van der Waals surface area contributed by atoms with Crippen molar-refractivity contribution >= 4 is 21.6 Å². The predicted molar refractivity (Wildman–Crippen MR) is 84.4 cm³/mol. The van der Waals surface area contributed by atoms with Gasteiger partial charge in [0, 0.05) is 20.1 Å². The van der Waals surface area contributed by atoms with E-state index < -0.39 is 10.0 Å². The van der Waals surface area contributed by atoms with Gasteiger partial charge in [0.05, 0.1) is 5.02 Å². The van der Waals surface area contributed by atoms with E-state index in [4.69, 9.17) is 17.3 Å². The number of benzene rings is 2. The number of sulfonamides is 1. The van der Waals surface area contributed by atoms with Gasteiger partial charge in [0.25, 0.3) is 0 Å². The van der Waals surface area contributed by atoms with Gasteiger partial charge in [-0.05, 0) is 23.3 Å². The first-order valence-corrected chi connectivity index (χ1v) is 8.25. The summed E-state index contributed by atoms with van der Waals surface area (Å²) in [6.07, 6.45) is 0. The van der Waals surface area contributed by atoms with Gasteiger partial charge in [-0.25, -0.2) is 8.42 Å². The van der Waals surface area contributed by atoms with E-state index in [0.717, 1.165) is 11.1 Å². The van der Waals surface area contributed by atoms with Crippen molar-refractivity contribution in [2.24, 2.45) is 5.73 Å². The van der Waals surface area contributed by atoms with Crippen molar-refractivity contribution < 1.29 is 8.42 Å². The summed E-state index contributed by atoms with van der Waals surface area (Å²) in [5, 5.41) is 0.201. The molecule has 0 amide bonds. The van der Waals surface area contributed by atoms with Crippen molar-refractivity contribution in [3.63, 3.8) is 0 Å². The van der Waals surface area contributed by atoms with Crippen molar-refractivity contribution in [3.8, 4) is 0 Å². The minimum absolute atomic E-state index is 0.0885. The summed E-state index contributed by atoms with van der Waals surface area (Å²) in [6, 6.07) is 14.2. The van der Waals surface area contributed by atoms with Crippen molar-refractivity contribution in [1.29, 1.82) is 0 Å². The Hall–Kier alpha value is -1.40. The average Bonchev–Trinajstić information content (AvgIpc) is 2.48. The second-order valence-electron chi connectivity index (χ2n) is 4.72. The Balaban J connectivity index is 2.33. The average molecular weight is 325 g/mol. The first-order valence-electron chi connectivity index (χ1n) is 6.44. The summed E-state index contributed by atoms with van der Waals surface area (Å²) in [7, 11) is -2.12. The second kappa shape index (κ2) is 6.58. The van der Waals surface area contributed by atoms with Crippen molar-refractivity contribution in [3.05, 3.63) is 64.7 Å². The molecule has 0 aliphatic heterocycles. The molecule has 112 valence electrons. The molecule has 2 aromatic carbocycles. The topological polar surface area (TPSA) is 63.4 Å². The quantitative estimate of drug-likeness (QED) is 0.919. The van der Waals surface area contributed by atoms with Crippen molar-refractivity contribution in [2.45, 2.75) is 18.0 Å². The molecule has 6 heteroatoms. The van der Waals surface area contributed by atoms with Crippen LogP contribution in [0.25, 0.3) is 0 Å². The zero-order valence-corrected chi connectivity index (χ0v) is 13.2. The molecular weight excluding hydrogens is 308 g/mol. The van der Waals surface area contributed by atoms with Gasteiger partial charge >= 0.3 is 0 Å². The lowest BCUT2D eigenvalue weighted by molar-refractivity contribution is 0.466. The minimum atomic E-state index is -3.65. The highest BCUT2D eigenvalue weighted by atomic mass is 35.5. The molecule has 2 rings (SSSR count). The van der Waals surface area contributed by atoms with E-state index in [1.807, 2.05) is 30.3 Å². The molecule has 0 heterocycles. The molecule has 0 radical (unpaired) electrons. The molecule has 0 bridgehead atoms. The van der Waals surface area contributed by atoms with Crippen LogP contribution in [-0.2, 0) is 23.1 Å². The molecule has 0 aliphatic carbocycles. The monoisotopic (exact) mass is 324 g/mol. The van der Waals surface area contributed by atoms with Gasteiger partial charge in [-0.15, -0.1) is 0 Å². The van der Waals surface area contributed by atoms with Gasteiger partial charge in [-0.1, -0.05) is 48.0 Å². The molecule has 0 unspecified atom stereocenters. The van der Waals surface area contributed by atoms with Crippen molar-refractivity contribution in [2.75, 3.05) is 7.05 Å². The highest BCUT2D eigenvalue weighted by molar-refractivity contribution is 7.89. The Kier molecular flexibility index (Phi) is 5.00. The van der Waals surface area contributed by atoms with Crippen LogP contribution in [0.5, 0.6) is 0 Å². The third kappa shape index (κ3) is 3.63. The Bertz CT molecular complexity index is 718. The van der Waals surface area contributed by atoms with E-state index in [2.05, 4.69) is 0 Å². The van der Waals surface area contributed by atoms with E-state index in [9.17, 15) is 8.42 Å². The number of halogens is 1. The molecule has 2 N–H and O–H groups in total. The lowest BCUT2D eigenvalue weighted by Gasteiger charge is -2.18. The molecule has 0 aliphatic rings. The van der Waals surface area contributed by atoms with Gasteiger partial charge in [0.2, 0.25) is 10.0 Å². The molecule has 0 fully saturated rings. The largest absolute Gasteiger partial charge is 0.326 e. The normalized spacial score (nSPS) is 11.8. The van der Waals surface area contributed by atoms with Gasteiger partial charge in [0.15, 0.2) is 0 Å². The van der Waals surface area contributed by atoms with Gasteiger partial charge in [0.1, 0.15) is 4.90 Å². The van der Waals surface area contributed by atoms with Crippen LogP contribution in [0.2, 0.25) is 5.02 Å². The smallest absolute Gasteiger partial charge is 0.244 e. The SMILES string of the molecule is CN(Cc1ccccc1)S(=O)(=O)c1cc(CN)ccc1Cl. The second-order valence-corrected chi connectivity index (χ2v) is 7.14. The fourth-order valence-electron chi connectivity index (χ4n) is 1.97. The molecular formula is C15H17ClN2O2S. The van der Waals surface area contributed by atoms with Crippen molar-refractivity contribution in [1.82, 2.24) is 4.31 Å². The van der Waals surface area contributed by atoms with E-state index in [-0.39, 0.29) is 23.0 Å². The van der Waals surface area contributed by atoms with Crippen LogP contribution in [0.4, 0.5) is 0 Å². The Morgan fingerprint density at radius 1 is 1.10 bits per heavy atom. The summed E-state index contributed by atoms with van der Waals surface area (Å²) in [6.45, 7) is 0.550. The Morgan fingerprint density at radius 2 is 1.76 bits per heavy atom. The van der Waals surface area contributed by atoms with Crippen LogP contribution in [0, 0.1) is 0 Å². The zero-order chi connectivity index (χ0) is 15.5. The highest BCUT2D eigenvalue weighted by Crippen LogP contribution is 2.26. The van der Waals surface area contributed by atoms with E-state index in [0.29, 0.717) is 0 Å². The fraction of sp³-hybridized carbons (Fsp3) is 0.200. The third-order valence-corrected chi connectivity index (χ3v) is 5.45. The van der Waals surface area contributed by atoms with Gasteiger partial charge in [-0.3, -0.25) is 0 Å². The number of nitrogens with zero attached hydrogens (tertiary/aromatic N) is 1. The van der Waals surface area contributed by atoms with E-state index in [1.165, 1.54) is 17.4 Å². The van der Waals surface area contributed by atoms with Gasteiger partial charge in [-0.2, -0.15) is 4.31 Å². The molecule has 4 nitrogen and oxygen atoms in total. The number of nitrogens with two attached hydrogens (primary N) is 1. The molecule has 0 saturated heterocycles. The Morgan fingerprint density at radius 3 is 2.38 bits per heavy atom. The minimum Gasteiger partial charge on any atom is -0.326 e. The third-order valence-electron chi connectivity index (χ3n) is 3.17. The predicted octanol–water partition coefficient (Wildman–Crippen LogP) is 2.62. The Labute approximate surface area is 130 Å². The summed E-state index contributed by atoms with van der Waals surface area (Å²) in [4.78, 5) is 0.0885. The first-order chi connectivity index (χ1) is 9.95. The van der Waals surface area contributed by atoms with Crippen LogP contribution >= 0.6 is 11.6 Å². The van der Waals surface area contributed by atoms with Crippen LogP contribution in [0.15, 0.2) is 53.4 Å². The maximum Gasteiger partial charge on any atom is 0.244 e. The summed E-state index contributed by atoms with van der Waals surface area (Å²) in [5.41, 5.74) is 7.20. The number of rotatable bonds is 5. The molecule has 0 atom stereocenters. The first kappa shape index (κ1) is 16.0. The molecule has 0 saturated carbocycles. The number of hydrogen-bond donors (Lipinski definition) is 1. The van der Waals surface area contributed by atoms with Crippen LogP contribution < -0.4 is 5.73 Å². The van der Waals surface area contributed by atoms with Crippen LogP contribution in [0.3, 0.4) is 0 Å². The summed E-state index contributed by atoms with van der Waals surface area (Å²) < 4.78 is 26.5. The molecule has 0 aromatic heterocycles. The molecule has 0 spiro atoms.